The fourth-order valence-electron chi connectivity index (χ4n) is 8.99. The molecule has 1 aromatic carbocycles. The van der Waals surface area contributed by atoms with E-state index in [4.69, 9.17) is 38.4 Å². The molecule has 9 atom stereocenters. The van der Waals surface area contributed by atoms with Gasteiger partial charge in [-0.2, -0.15) is 0 Å². The van der Waals surface area contributed by atoms with Crippen LogP contribution in [0.5, 0.6) is 11.5 Å². The van der Waals surface area contributed by atoms with Crippen molar-refractivity contribution in [2.75, 3.05) is 39.8 Å². The van der Waals surface area contributed by atoms with Crippen molar-refractivity contribution in [1.29, 1.82) is 0 Å². The smallest absolute Gasteiger partial charge is 0.407 e. The van der Waals surface area contributed by atoms with E-state index < -0.39 is 59.6 Å². The maximum absolute atomic E-state index is 14.5. The normalized spacial score (nSPS) is 26.8. The van der Waals surface area contributed by atoms with Crippen LogP contribution in [0.15, 0.2) is 29.6 Å². The van der Waals surface area contributed by atoms with E-state index in [0.717, 1.165) is 18.0 Å². The number of nitrogens with zero attached hydrogens (tertiary/aromatic N) is 3. The monoisotopic (exact) mass is 866 g/mol. The number of ether oxygens (including phenoxy) is 6. The Hall–Kier alpha value is -4.29. The van der Waals surface area contributed by atoms with Crippen LogP contribution < -0.4 is 25.4 Å². The Morgan fingerprint density at radius 1 is 1.00 bits per heavy atom. The molecule has 1 aliphatic heterocycles. The lowest BCUT2D eigenvalue weighted by atomic mass is 9.85. The minimum atomic E-state index is -1.33. The van der Waals surface area contributed by atoms with Crippen molar-refractivity contribution in [2.45, 2.75) is 128 Å². The number of hydrogen-bond acceptors (Lipinski definition) is 15. The number of carbonyl (C=O) groups excluding carboxylic acids is 3. The van der Waals surface area contributed by atoms with Gasteiger partial charge in [0.25, 0.3) is 0 Å². The summed E-state index contributed by atoms with van der Waals surface area (Å²) in [5, 5.41) is 25.0. The zero-order chi connectivity index (χ0) is 43.8. The third-order valence-electron chi connectivity index (χ3n) is 12.5. The molecule has 4 N–H and O–H groups in total. The van der Waals surface area contributed by atoms with Crippen molar-refractivity contribution < 1.29 is 47.9 Å². The van der Waals surface area contributed by atoms with Gasteiger partial charge in [-0.15, -0.1) is 11.3 Å². The van der Waals surface area contributed by atoms with Crippen molar-refractivity contribution in [1.82, 2.24) is 25.5 Å². The standard InChI is InChI=1S/C44H62N6O10S/c1-10-26-19-44(26,40(53)57-9)49-38(51)34-17-29(20-50(34)39(52)37(43(4,5)6)48-42(54)60-28-14-24-13-25(24)15-28)59-35-18-32(33-22-61-41(47-33)45-23(2)3)46-31-16-27(11-12-30(31)35)58-21-36(55-7)56-8/h11-12,16,18,22-26,28-29,34,36-37,39,52H,10,13-15,17,19-21H2,1-9H3,(H,45,47)(H,48,54)(H,49,51)/t24-,25+,26-,28+,29-,34+,37?,39-,44-/m1/s1. The quantitative estimate of drug-likeness (QED) is 0.0898. The zero-order valence-corrected chi connectivity index (χ0v) is 37.5. The van der Waals surface area contributed by atoms with Crippen LogP contribution in [0, 0.1) is 23.2 Å². The molecule has 3 aliphatic carbocycles. The van der Waals surface area contributed by atoms with Gasteiger partial charge >= 0.3 is 12.1 Å². The Morgan fingerprint density at radius 2 is 1.74 bits per heavy atom. The first-order valence-electron chi connectivity index (χ1n) is 21.4. The molecule has 0 radical (unpaired) electrons. The topological polar surface area (TPSA) is 192 Å². The molecule has 17 heteroatoms. The first-order valence-corrected chi connectivity index (χ1v) is 22.3. The number of amides is 2. The molecule has 0 spiro atoms. The fraction of sp³-hybridized carbons (Fsp3) is 0.659. The van der Waals surface area contributed by atoms with Crippen LogP contribution in [0.1, 0.15) is 80.1 Å². The number of aliphatic hydroxyl groups excluding tert-OH is 1. The Bertz CT molecular complexity index is 2050. The second kappa shape index (κ2) is 18.2. The van der Waals surface area contributed by atoms with Crippen molar-refractivity contribution >= 4 is 45.3 Å². The number of methoxy groups -OCH3 is 3. The van der Waals surface area contributed by atoms with E-state index in [0.29, 0.717) is 58.5 Å². The van der Waals surface area contributed by atoms with Gasteiger partial charge in [-0.05, 0) is 74.8 Å². The van der Waals surface area contributed by atoms with Gasteiger partial charge in [0.05, 0.1) is 30.4 Å². The number of anilines is 1. The van der Waals surface area contributed by atoms with Crippen molar-refractivity contribution in [3.63, 3.8) is 0 Å². The molecule has 2 aromatic heterocycles. The number of rotatable bonds is 18. The highest BCUT2D eigenvalue weighted by atomic mass is 32.1. The second-order valence-corrected chi connectivity index (χ2v) is 19.2. The van der Waals surface area contributed by atoms with Gasteiger partial charge in [0.2, 0.25) is 5.91 Å². The number of pyridine rings is 1. The maximum Gasteiger partial charge on any atom is 0.407 e. The van der Waals surface area contributed by atoms with Crippen LogP contribution in [0.3, 0.4) is 0 Å². The summed E-state index contributed by atoms with van der Waals surface area (Å²) in [7, 11) is 4.40. The molecule has 3 heterocycles. The van der Waals surface area contributed by atoms with E-state index in [1.165, 1.54) is 24.9 Å². The summed E-state index contributed by atoms with van der Waals surface area (Å²) in [6, 6.07) is 5.73. The molecule has 1 saturated heterocycles. The summed E-state index contributed by atoms with van der Waals surface area (Å²) >= 11 is 1.47. The maximum atomic E-state index is 14.5. The Morgan fingerprint density at radius 3 is 2.38 bits per heavy atom. The average molecular weight is 867 g/mol. The van der Waals surface area contributed by atoms with Gasteiger partial charge in [0.15, 0.2) is 11.4 Å². The summed E-state index contributed by atoms with van der Waals surface area (Å²) < 4.78 is 34.5. The molecule has 7 rings (SSSR count). The minimum Gasteiger partial charge on any atom is -0.488 e. The number of thiazole rings is 1. The van der Waals surface area contributed by atoms with Gasteiger partial charge in [-0.3, -0.25) is 9.69 Å². The van der Waals surface area contributed by atoms with Crippen molar-refractivity contribution in [2.24, 2.45) is 23.2 Å². The van der Waals surface area contributed by atoms with Crippen LogP contribution in [0.4, 0.5) is 9.93 Å². The van der Waals surface area contributed by atoms with E-state index >= 15 is 0 Å². The highest BCUT2D eigenvalue weighted by Gasteiger charge is 2.62. The molecule has 4 fully saturated rings. The number of alkyl carbamates (subject to hydrolysis) is 1. The Labute approximate surface area is 361 Å². The second-order valence-electron chi connectivity index (χ2n) is 18.3. The van der Waals surface area contributed by atoms with Crippen LogP contribution >= 0.6 is 11.3 Å². The van der Waals surface area contributed by atoms with E-state index in [1.807, 2.05) is 71.2 Å². The van der Waals surface area contributed by atoms with Crippen LogP contribution in [-0.2, 0) is 28.5 Å². The third-order valence-corrected chi connectivity index (χ3v) is 13.3. The summed E-state index contributed by atoms with van der Waals surface area (Å²) in [5.74, 6) is 1.28. The minimum absolute atomic E-state index is 0.0802. The number of fused-ring (bicyclic) bond motifs is 2. The molecule has 0 bridgehead atoms. The Kier molecular flexibility index (Phi) is 13.4. The van der Waals surface area contributed by atoms with E-state index in [2.05, 4.69) is 16.0 Å². The molecule has 2 amide bonds. The number of esters is 1. The molecule has 61 heavy (non-hydrogen) atoms. The largest absolute Gasteiger partial charge is 0.488 e. The van der Waals surface area contributed by atoms with Gasteiger partial charge in [0.1, 0.15) is 47.8 Å². The van der Waals surface area contributed by atoms with Gasteiger partial charge < -0.3 is 49.5 Å². The SMILES string of the molecule is CC[C@@H]1C[C@]1(NC(=O)[C@@H]1C[C@@H](Oc2cc(-c3csc(NC(C)C)n3)nc3cc(OCC(OC)OC)ccc23)CN1[C@H](O)C(NC(=O)O[C@@H]1C[C@@H]2C[C@@H]2C1)C(C)(C)C)C(=O)OC. The van der Waals surface area contributed by atoms with E-state index in [9.17, 15) is 19.5 Å². The van der Waals surface area contributed by atoms with E-state index in [1.54, 1.807) is 19.1 Å². The van der Waals surface area contributed by atoms with Crippen LogP contribution in [0.25, 0.3) is 22.3 Å². The van der Waals surface area contributed by atoms with Gasteiger partial charge in [0, 0.05) is 56.1 Å². The lowest BCUT2D eigenvalue weighted by Crippen LogP contribution is -2.61. The molecule has 3 aromatic rings. The molecular formula is C44H62N6O10S. The number of hydrogen-bond donors (Lipinski definition) is 4. The summed E-state index contributed by atoms with van der Waals surface area (Å²) in [5.41, 5.74) is -0.0102. The lowest BCUT2D eigenvalue weighted by Gasteiger charge is -2.40. The van der Waals surface area contributed by atoms with E-state index in [-0.39, 0.29) is 37.6 Å². The first kappa shape index (κ1) is 44.8. The van der Waals surface area contributed by atoms with Gasteiger partial charge in [-0.1, -0.05) is 34.1 Å². The predicted octanol–water partition coefficient (Wildman–Crippen LogP) is 5.71. The highest BCUT2D eigenvalue weighted by molar-refractivity contribution is 7.14. The summed E-state index contributed by atoms with van der Waals surface area (Å²) in [6.45, 7) is 12.1. The van der Waals surface area contributed by atoms with Crippen LogP contribution in [-0.4, -0.2) is 121 Å². The van der Waals surface area contributed by atoms with Crippen molar-refractivity contribution in [3.8, 4) is 22.9 Å². The number of aromatic nitrogens is 2. The lowest BCUT2D eigenvalue weighted by molar-refractivity contribution is -0.148. The summed E-state index contributed by atoms with van der Waals surface area (Å²) in [6.07, 6.45) is 0.941. The molecule has 16 nitrogen and oxygen atoms in total. The molecule has 3 saturated carbocycles. The molecular weight excluding hydrogens is 805 g/mol. The summed E-state index contributed by atoms with van der Waals surface area (Å²) in [4.78, 5) is 52.4. The van der Waals surface area contributed by atoms with Crippen molar-refractivity contribution in [3.05, 3.63) is 29.6 Å². The molecule has 334 valence electrons. The van der Waals surface area contributed by atoms with Gasteiger partial charge in [-0.25, -0.2) is 19.6 Å². The Balaban J connectivity index is 1.19. The van der Waals surface area contributed by atoms with Crippen LogP contribution in [0.2, 0.25) is 0 Å². The first-order chi connectivity index (χ1) is 29.0. The number of carbonyl (C=O) groups is 3. The number of benzene rings is 1. The zero-order valence-electron chi connectivity index (χ0n) is 36.7. The number of aliphatic hydroxyl groups is 1. The predicted molar refractivity (Wildman–Crippen MR) is 229 cm³/mol. The number of likely N-dealkylation sites (tertiary alicyclic amines) is 1. The number of nitrogens with one attached hydrogen (secondary N) is 3. The fourth-order valence-corrected chi connectivity index (χ4v) is 9.84. The highest BCUT2D eigenvalue weighted by Crippen LogP contribution is 2.52. The third kappa shape index (κ3) is 10.0. The molecule has 4 aliphatic rings. The molecule has 1 unspecified atom stereocenters. The average Bonchev–Trinajstić information content (AvgIpc) is 3.88.